The number of aliphatic hydroxyl groups excluding tert-OH is 1. The lowest BCUT2D eigenvalue weighted by Gasteiger charge is -1.98. The second kappa shape index (κ2) is 3.07. The normalized spacial score (nSPS) is 13.5. The SMILES string of the molecule is Cc1nc(C(O)CF)cs1. The monoisotopic (exact) mass is 161 g/mol. The van der Waals surface area contributed by atoms with Crippen molar-refractivity contribution in [1.29, 1.82) is 0 Å². The van der Waals surface area contributed by atoms with Gasteiger partial charge in [0.1, 0.15) is 12.8 Å². The zero-order chi connectivity index (χ0) is 7.56. The van der Waals surface area contributed by atoms with Gasteiger partial charge in [0.15, 0.2) is 0 Å². The Kier molecular flexibility index (Phi) is 2.34. The summed E-state index contributed by atoms with van der Waals surface area (Å²) in [5.74, 6) is 0. The van der Waals surface area contributed by atoms with E-state index < -0.39 is 12.8 Å². The summed E-state index contributed by atoms with van der Waals surface area (Å²) in [5.41, 5.74) is 0.435. The van der Waals surface area contributed by atoms with Gasteiger partial charge < -0.3 is 5.11 Å². The fourth-order valence-electron chi connectivity index (χ4n) is 0.612. The maximum absolute atomic E-state index is 11.8. The second-order valence-electron chi connectivity index (χ2n) is 1.96. The highest BCUT2D eigenvalue weighted by atomic mass is 32.1. The molecule has 0 saturated carbocycles. The van der Waals surface area contributed by atoms with Gasteiger partial charge in [-0.1, -0.05) is 0 Å². The molecular formula is C6H8FNOS. The molecule has 0 spiro atoms. The van der Waals surface area contributed by atoms with Crippen molar-refractivity contribution in [3.05, 3.63) is 16.1 Å². The molecule has 2 nitrogen and oxygen atoms in total. The Balaban J connectivity index is 2.74. The zero-order valence-corrected chi connectivity index (χ0v) is 6.36. The topological polar surface area (TPSA) is 33.1 Å². The summed E-state index contributed by atoms with van der Waals surface area (Å²) in [6, 6.07) is 0. The Morgan fingerprint density at radius 3 is 3.00 bits per heavy atom. The van der Waals surface area contributed by atoms with Crippen LogP contribution in [0, 0.1) is 6.92 Å². The minimum atomic E-state index is -1.04. The number of aliphatic hydroxyl groups is 1. The van der Waals surface area contributed by atoms with Gasteiger partial charge in [0.05, 0.1) is 10.7 Å². The molecule has 1 heterocycles. The molecule has 0 aliphatic heterocycles. The van der Waals surface area contributed by atoms with Crippen LogP contribution in [0.4, 0.5) is 4.39 Å². The Labute approximate surface area is 62.3 Å². The van der Waals surface area contributed by atoms with Crippen molar-refractivity contribution in [1.82, 2.24) is 4.98 Å². The van der Waals surface area contributed by atoms with Crippen LogP contribution >= 0.6 is 11.3 Å². The first kappa shape index (κ1) is 7.63. The average Bonchev–Trinajstić information content (AvgIpc) is 2.34. The quantitative estimate of drug-likeness (QED) is 0.712. The van der Waals surface area contributed by atoms with E-state index in [4.69, 9.17) is 5.11 Å². The molecule has 56 valence electrons. The molecule has 1 aromatic rings. The Morgan fingerprint density at radius 2 is 2.60 bits per heavy atom. The standard InChI is InChI=1S/C6H8FNOS/c1-4-8-5(3-10-4)6(9)2-7/h3,6,9H,2H2,1H3. The van der Waals surface area contributed by atoms with E-state index in [2.05, 4.69) is 4.98 Å². The fourth-order valence-corrected chi connectivity index (χ4v) is 1.27. The first-order valence-electron chi connectivity index (χ1n) is 2.90. The smallest absolute Gasteiger partial charge is 0.125 e. The predicted octanol–water partition coefficient (Wildman–Crippen LogP) is 1.45. The first-order valence-corrected chi connectivity index (χ1v) is 3.78. The van der Waals surface area contributed by atoms with E-state index in [1.807, 2.05) is 6.92 Å². The Bertz CT molecular complexity index is 213. The van der Waals surface area contributed by atoms with Crippen LogP contribution in [-0.4, -0.2) is 16.8 Å². The van der Waals surface area contributed by atoms with Crippen molar-refractivity contribution in [3.8, 4) is 0 Å². The molecule has 0 radical (unpaired) electrons. The van der Waals surface area contributed by atoms with Gasteiger partial charge in [0.2, 0.25) is 0 Å². The van der Waals surface area contributed by atoms with E-state index in [0.29, 0.717) is 5.69 Å². The highest BCUT2D eigenvalue weighted by molar-refractivity contribution is 7.09. The third kappa shape index (κ3) is 1.52. The van der Waals surface area contributed by atoms with Gasteiger partial charge in [-0.15, -0.1) is 11.3 Å². The van der Waals surface area contributed by atoms with E-state index in [1.54, 1.807) is 5.38 Å². The maximum Gasteiger partial charge on any atom is 0.125 e. The predicted molar refractivity (Wildman–Crippen MR) is 37.8 cm³/mol. The highest BCUT2D eigenvalue weighted by Gasteiger charge is 2.08. The minimum Gasteiger partial charge on any atom is -0.384 e. The molecular weight excluding hydrogens is 153 g/mol. The molecule has 1 unspecified atom stereocenters. The number of alkyl halides is 1. The summed E-state index contributed by atoms with van der Waals surface area (Å²) in [4.78, 5) is 3.91. The van der Waals surface area contributed by atoms with Crippen LogP contribution in [0.25, 0.3) is 0 Å². The lowest BCUT2D eigenvalue weighted by atomic mass is 10.3. The van der Waals surface area contributed by atoms with Gasteiger partial charge in [-0.3, -0.25) is 0 Å². The molecule has 0 aromatic carbocycles. The Hall–Kier alpha value is -0.480. The minimum absolute atomic E-state index is 0.435. The third-order valence-electron chi connectivity index (χ3n) is 1.12. The van der Waals surface area contributed by atoms with E-state index in [9.17, 15) is 4.39 Å². The van der Waals surface area contributed by atoms with Crippen LogP contribution in [-0.2, 0) is 0 Å². The van der Waals surface area contributed by atoms with Gasteiger partial charge in [0, 0.05) is 5.38 Å². The number of thiazole rings is 1. The summed E-state index contributed by atoms with van der Waals surface area (Å²) in [7, 11) is 0. The molecule has 0 saturated heterocycles. The van der Waals surface area contributed by atoms with Crippen molar-refractivity contribution in [2.45, 2.75) is 13.0 Å². The molecule has 0 amide bonds. The summed E-state index contributed by atoms with van der Waals surface area (Å²) in [6.45, 7) is 1.06. The molecule has 1 rings (SSSR count). The van der Waals surface area contributed by atoms with Crippen LogP contribution in [0.3, 0.4) is 0 Å². The van der Waals surface area contributed by atoms with Crippen molar-refractivity contribution >= 4 is 11.3 Å². The maximum atomic E-state index is 11.8. The van der Waals surface area contributed by atoms with Gasteiger partial charge in [-0.25, -0.2) is 9.37 Å². The molecule has 10 heavy (non-hydrogen) atoms. The summed E-state index contributed by atoms with van der Waals surface area (Å²) >= 11 is 1.41. The fraction of sp³-hybridized carbons (Fsp3) is 0.500. The highest BCUT2D eigenvalue weighted by Crippen LogP contribution is 2.15. The largest absolute Gasteiger partial charge is 0.384 e. The molecule has 0 fully saturated rings. The van der Waals surface area contributed by atoms with Crippen LogP contribution in [0.15, 0.2) is 5.38 Å². The molecule has 1 atom stereocenters. The Morgan fingerprint density at radius 1 is 1.90 bits per heavy atom. The number of hydrogen-bond acceptors (Lipinski definition) is 3. The molecule has 0 aliphatic carbocycles. The van der Waals surface area contributed by atoms with Crippen LogP contribution in [0.2, 0.25) is 0 Å². The number of hydrogen-bond donors (Lipinski definition) is 1. The third-order valence-corrected chi connectivity index (χ3v) is 1.92. The van der Waals surface area contributed by atoms with Crippen LogP contribution < -0.4 is 0 Å². The van der Waals surface area contributed by atoms with Crippen molar-refractivity contribution in [2.24, 2.45) is 0 Å². The molecule has 0 aliphatic rings. The van der Waals surface area contributed by atoms with E-state index in [0.717, 1.165) is 5.01 Å². The lowest BCUT2D eigenvalue weighted by molar-refractivity contribution is 0.138. The number of halogens is 1. The number of nitrogens with zero attached hydrogens (tertiary/aromatic N) is 1. The van der Waals surface area contributed by atoms with E-state index in [-0.39, 0.29) is 0 Å². The van der Waals surface area contributed by atoms with Gasteiger partial charge >= 0.3 is 0 Å². The molecule has 4 heteroatoms. The number of rotatable bonds is 2. The van der Waals surface area contributed by atoms with Crippen LogP contribution in [0.1, 0.15) is 16.8 Å². The van der Waals surface area contributed by atoms with Crippen molar-refractivity contribution in [2.75, 3.05) is 6.67 Å². The molecule has 1 aromatic heterocycles. The summed E-state index contributed by atoms with van der Waals surface area (Å²) in [5, 5.41) is 11.4. The average molecular weight is 161 g/mol. The van der Waals surface area contributed by atoms with E-state index in [1.165, 1.54) is 11.3 Å². The summed E-state index contributed by atoms with van der Waals surface area (Å²) < 4.78 is 11.8. The lowest BCUT2D eigenvalue weighted by Crippen LogP contribution is -1.98. The second-order valence-corrected chi connectivity index (χ2v) is 3.02. The van der Waals surface area contributed by atoms with Gasteiger partial charge in [-0.2, -0.15) is 0 Å². The number of aromatic nitrogens is 1. The number of aryl methyl sites for hydroxylation is 1. The molecule has 0 bridgehead atoms. The van der Waals surface area contributed by atoms with Crippen molar-refractivity contribution < 1.29 is 9.50 Å². The summed E-state index contributed by atoms with van der Waals surface area (Å²) in [6.07, 6.45) is -1.04. The van der Waals surface area contributed by atoms with Crippen molar-refractivity contribution in [3.63, 3.8) is 0 Å². The zero-order valence-electron chi connectivity index (χ0n) is 5.54. The van der Waals surface area contributed by atoms with Gasteiger partial charge in [-0.05, 0) is 6.92 Å². The van der Waals surface area contributed by atoms with Crippen LogP contribution in [0.5, 0.6) is 0 Å². The molecule has 1 N–H and O–H groups in total. The first-order chi connectivity index (χ1) is 4.74. The van der Waals surface area contributed by atoms with E-state index >= 15 is 0 Å². The van der Waals surface area contributed by atoms with Gasteiger partial charge in [0.25, 0.3) is 0 Å².